The molecular formula is C18H21N3O4S. The first-order chi connectivity index (χ1) is 12.4. The minimum atomic E-state index is -0.472. The van der Waals surface area contributed by atoms with Crippen LogP contribution in [-0.4, -0.2) is 34.4 Å². The minimum absolute atomic E-state index is 0.0621. The molecule has 1 N–H and O–H groups in total. The van der Waals surface area contributed by atoms with Gasteiger partial charge in [0.05, 0.1) is 17.6 Å². The molecule has 0 amide bonds. The van der Waals surface area contributed by atoms with Gasteiger partial charge in [-0.3, -0.25) is 14.9 Å². The fourth-order valence-electron chi connectivity index (χ4n) is 3.38. The number of carbonyl (C=O) groups excluding carboxylic acids is 1. The molecule has 0 radical (unpaired) electrons. The summed E-state index contributed by atoms with van der Waals surface area (Å²) >= 11 is 5.39. The molecule has 1 heterocycles. The second kappa shape index (κ2) is 7.41. The van der Waals surface area contributed by atoms with Crippen molar-refractivity contribution in [2.45, 2.75) is 38.6 Å². The number of thiocarbonyl (C=S) groups is 1. The van der Waals surface area contributed by atoms with Gasteiger partial charge in [0.15, 0.2) is 16.6 Å². The standard InChI is InChI=1S/C18H21N3O4S/c1-3-9-25-15-8-7-11(10-13(15)21(23)24)17-16-12(5-4-6-14(16)22)20(2)18(26)19-17/h7-8,10,17H,3-6,9H2,1-2H3,(H,19,26). The highest BCUT2D eigenvalue weighted by Gasteiger charge is 2.36. The molecule has 26 heavy (non-hydrogen) atoms. The van der Waals surface area contributed by atoms with E-state index in [1.165, 1.54) is 6.07 Å². The molecular weight excluding hydrogens is 354 g/mol. The Morgan fingerprint density at radius 2 is 2.19 bits per heavy atom. The summed E-state index contributed by atoms with van der Waals surface area (Å²) in [5.41, 5.74) is 2.10. The third-order valence-electron chi connectivity index (χ3n) is 4.67. The van der Waals surface area contributed by atoms with Crippen molar-refractivity contribution in [1.29, 1.82) is 0 Å². The lowest BCUT2D eigenvalue weighted by Crippen LogP contribution is -2.47. The van der Waals surface area contributed by atoms with Gasteiger partial charge in [-0.1, -0.05) is 13.0 Å². The predicted molar refractivity (Wildman–Crippen MR) is 101 cm³/mol. The summed E-state index contributed by atoms with van der Waals surface area (Å²) in [6.45, 7) is 2.34. The van der Waals surface area contributed by atoms with Crippen molar-refractivity contribution >= 4 is 28.8 Å². The molecule has 1 atom stereocenters. The Bertz CT molecular complexity index is 806. The van der Waals surface area contributed by atoms with E-state index in [0.717, 1.165) is 25.0 Å². The molecule has 7 nitrogen and oxygen atoms in total. The van der Waals surface area contributed by atoms with E-state index in [4.69, 9.17) is 17.0 Å². The Kier molecular flexibility index (Phi) is 5.22. The zero-order valence-electron chi connectivity index (χ0n) is 14.8. The van der Waals surface area contributed by atoms with Crippen LogP contribution in [0.15, 0.2) is 29.5 Å². The average molecular weight is 375 g/mol. The van der Waals surface area contributed by atoms with Gasteiger partial charge < -0.3 is 15.0 Å². The van der Waals surface area contributed by atoms with Gasteiger partial charge in [-0.05, 0) is 43.1 Å². The van der Waals surface area contributed by atoms with Gasteiger partial charge in [-0.2, -0.15) is 0 Å². The van der Waals surface area contributed by atoms with Gasteiger partial charge in [0.2, 0.25) is 0 Å². The predicted octanol–water partition coefficient (Wildman–Crippen LogP) is 3.25. The first-order valence-electron chi connectivity index (χ1n) is 8.65. The fourth-order valence-corrected chi connectivity index (χ4v) is 3.61. The van der Waals surface area contributed by atoms with E-state index in [-0.39, 0.29) is 17.2 Å². The molecule has 0 spiro atoms. The molecule has 3 rings (SSSR count). The maximum Gasteiger partial charge on any atom is 0.311 e. The molecule has 8 heteroatoms. The Hall–Kier alpha value is -2.48. The largest absolute Gasteiger partial charge is 0.487 e. The highest BCUT2D eigenvalue weighted by molar-refractivity contribution is 7.80. The van der Waals surface area contributed by atoms with Gasteiger partial charge in [0, 0.05) is 30.8 Å². The molecule has 0 saturated carbocycles. The lowest BCUT2D eigenvalue weighted by Gasteiger charge is -2.39. The highest BCUT2D eigenvalue weighted by atomic mass is 32.1. The summed E-state index contributed by atoms with van der Waals surface area (Å²) in [7, 11) is 1.84. The molecule has 0 fully saturated rings. The monoisotopic (exact) mass is 375 g/mol. The van der Waals surface area contributed by atoms with Crippen LogP contribution in [-0.2, 0) is 4.79 Å². The number of ketones is 1. The molecule has 0 aromatic heterocycles. The van der Waals surface area contributed by atoms with Crippen LogP contribution < -0.4 is 10.1 Å². The number of nitrogens with zero attached hydrogens (tertiary/aromatic N) is 2. The quantitative estimate of drug-likeness (QED) is 0.480. The Morgan fingerprint density at radius 3 is 2.88 bits per heavy atom. The number of nitro groups is 1. The van der Waals surface area contributed by atoms with E-state index in [9.17, 15) is 14.9 Å². The first kappa shape index (κ1) is 18.3. The summed E-state index contributed by atoms with van der Waals surface area (Å²) in [5.74, 6) is 0.298. The van der Waals surface area contributed by atoms with Crippen molar-refractivity contribution in [1.82, 2.24) is 10.2 Å². The van der Waals surface area contributed by atoms with E-state index in [2.05, 4.69) is 5.32 Å². The number of Topliss-reactive ketones (excluding diaryl/α,β-unsaturated/α-hetero) is 1. The molecule has 1 aliphatic heterocycles. The van der Waals surface area contributed by atoms with Gasteiger partial charge in [-0.15, -0.1) is 0 Å². The molecule has 138 valence electrons. The van der Waals surface area contributed by atoms with E-state index >= 15 is 0 Å². The maximum atomic E-state index is 12.6. The fraction of sp³-hybridized carbons (Fsp3) is 0.444. The number of benzene rings is 1. The maximum absolute atomic E-state index is 12.6. The second-order valence-corrected chi connectivity index (χ2v) is 6.80. The van der Waals surface area contributed by atoms with Crippen molar-refractivity contribution in [3.05, 3.63) is 45.1 Å². The summed E-state index contributed by atoms with van der Waals surface area (Å²) in [4.78, 5) is 25.4. The molecule has 2 aliphatic rings. The van der Waals surface area contributed by atoms with Crippen LogP contribution in [0.4, 0.5) is 5.69 Å². The summed E-state index contributed by atoms with van der Waals surface area (Å²) < 4.78 is 5.48. The average Bonchev–Trinajstić information content (AvgIpc) is 2.63. The number of hydrogen-bond acceptors (Lipinski definition) is 5. The summed E-state index contributed by atoms with van der Waals surface area (Å²) in [6.07, 6.45) is 2.81. The molecule has 1 aromatic rings. The van der Waals surface area contributed by atoms with Crippen LogP contribution in [0.25, 0.3) is 0 Å². The van der Waals surface area contributed by atoms with Crippen LogP contribution in [0, 0.1) is 10.1 Å². The van der Waals surface area contributed by atoms with Crippen LogP contribution >= 0.6 is 12.2 Å². The SMILES string of the molecule is CCCOc1ccc(C2NC(=S)N(C)C3=C2C(=O)CCC3)cc1[N+](=O)[O-]. The number of ether oxygens (including phenoxy) is 1. The molecule has 0 saturated heterocycles. The van der Waals surface area contributed by atoms with Gasteiger partial charge in [0.1, 0.15) is 0 Å². The van der Waals surface area contributed by atoms with Crippen LogP contribution in [0.2, 0.25) is 0 Å². The Balaban J connectivity index is 2.05. The van der Waals surface area contributed by atoms with Crippen molar-refractivity contribution in [3.8, 4) is 5.75 Å². The minimum Gasteiger partial charge on any atom is -0.487 e. The number of rotatable bonds is 5. The van der Waals surface area contributed by atoms with Gasteiger partial charge >= 0.3 is 5.69 Å². The van der Waals surface area contributed by atoms with Crippen molar-refractivity contribution < 1.29 is 14.5 Å². The smallest absolute Gasteiger partial charge is 0.311 e. The Morgan fingerprint density at radius 1 is 1.42 bits per heavy atom. The third kappa shape index (κ3) is 3.29. The van der Waals surface area contributed by atoms with E-state index in [1.54, 1.807) is 12.1 Å². The number of hydrogen-bond donors (Lipinski definition) is 1. The van der Waals surface area contributed by atoms with Crippen LogP contribution in [0.3, 0.4) is 0 Å². The molecule has 1 aliphatic carbocycles. The summed E-state index contributed by atoms with van der Waals surface area (Å²) in [5, 5.41) is 15.1. The number of nitrogens with one attached hydrogen (secondary N) is 1. The van der Waals surface area contributed by atoms with Gasteiger partial charge in [0.25, 0.3) is 0 Å². The van der Waals surface area contributed by atoms with E-state index < -0.39 is 11.0 Å². The zero-order chi connectivity index (χ0) is 18.8. The lowest BCUT2D eigenvalue weighted by molar-refractivity contribution is -0.385. The van der Waals surface area contributed by atoms with Crippen molar-refractivity contribution in [3.63, 3.8) is 0 Å². The lowest BCUT2D eigenvalue weighted by atomic mass is 9.85. The number of carbonyl (C=O) groups is 1. The summed E-state index contributed by atoms with van der Waals surface area (Å²) in [6, 6.07) is 4.36. The molecule has 1 aromatic carbocycles. The molecule has 0 bridgehead atoms. The van der Waals surface area contributed by atoms with E-state index in [1.807, 2.05) is 18.9 Å². The zero-order valence-corrected chi connectivity index (χ0v) is 15.6. The van der Waals surface area contributed by atoms with E-state index in [0.29, 0.717) is 29.3 Å². The normalized spacial score (nSPS) is 19.9. The second-order valence-electron chi connectivity index (χ2n) is 6.41. The number of allylic oxidation sites excluding steroid dienone is 1. The first-order valence-corrected chi connectivity index (χ1v) is 9.06. The number of nitro benzene ring substituents is 1. The Labute approximate surface area is 157 Å². The van der Waals surface area contributed by atoms with Crippen LogP contribution in [0.5, 0.6) is 5.75 Å². The van der Waals surface area contributed by atoms with Crippen molar-refractivity contribution in [2.24, 2.45) is 0 Å². The topological polar surface area (TPSA) is 84.7 Å². The van der Waals surface area contributed by atoms with Crippen molar-refractivity contribution in [2.75, 3.05) is 13.7 Å². The molecule has 1 unspecified atom stereocenters. The third-order valence-corrected chi connectivity index (χ3v) is 5.06. The van der Waals surface area contributed by atoms with Gasteiger partial charge in [-0.25, -0.2) is 0 Å². The van der Waals surface area contributed by atoms with Crippen LogP contribution in [0.1, 0.15) is 44.2 Å². The highest BCUT2D eigenvalue weighted by Crippen LogP contribution is 2.39.